The summed E-state index contributed by atoms with van der Waals surface area (Å²) in [6.45, 7) is -0.102. The van der Waals surface area contributed by atoms with Crippen molar-refractivity contribution >= 4 is 17.7 Å². The van der Waals surface area contributed by atoms with Gasteiger partial charge in [-0.15, -0.1) is 0 Å². The molecule has 5 nitrogen and oxygen atoms in total. The molecule has 5 heteroatoms. The molecule has 0 aromatic heterocycles. The van der Waals surface area contributed by atoms with E-state index in [9.17, 15) is 14.4 Å². The number of hydrogen-bond acceptors (Lipinski definition) is 5. The molecular formula is C15H18O5. The van der Waals surface area contributed by atoms with Crippen LogP contribution in [-0.4, -0.2) is 30.9 Å². The molecule has 0 aromatic carbocycles. The maximum absolute atomic E-state index is 11.5. The van der Waals surface area contributed by atoms with Gasteiger partial charge in [0.25, 0.3) is 0 Å². The number of ether oxygens (including phenoxy) is 2. The molecule has 0 aliphatic heterocycles. The minimum absolute atomic E-state index is 0.0224. The fourth-order valence-corrected chi connectivity index (χ4v) is 2.22. The fourth-order valence-electron chi connectivity index (χ4n) is 2.22. The Morgan fingerprint density at radius 1 is 0.900 bits per heavy atom. The van der Waals surface area contributed by atoms with Crippen LogP contribution >= 0.6 is 0 Å². The van der Waals surface area contributed by atoms with Crippen LogP contribution in [0.15, 0.2) is 23.3 Å². The summed E-state index contributed by atoms with van der Waals surface area (Å²) in [7, 11) is 0. The Bertz CT molecular complexity index is 431. The molecule has 0 unspecified atom stereocenters. The van der Waals surface area contributed by atoms with E-state index in [1.54, 1.807) is 12.2 Å². The lowest BCUT2D eigenvalue weighted by atomic mass is 9.99. The number of ketones is 2. The van der Waals surface area contributed by atoms with Gasteiger partial charge >= 0.3 is 6.16 Å². The van der Waals surface area contributed by atoms with Gasteiger partial charge in [0, 0.05) is 24.0 Å². The van der Waals surface area contributed by atoms with Crippen molar-refractivity contribution < 1.29 is 23.9 Å². The van der Waals surface area contributed by atoms with E-state index < -0.39 is 6.16 Å². The lowest BCUT2D eigenvalue weighted by Crippen LogP contribution is -2.19. The third kappa shape index (κ3) is 4.05. The van der Waals surface area contributed by atoms with E-state index in [4.69, 9.17) is 9.47 Å². The highest BCUT2D eigenvalue weighted by molar-refractivity contribution is 5.97. The van der Waals surface area contributed by atoms with Gasteiger partial charge in [0.2, 0.25) is 0 Å². The molecule has 0 amide bonds. The third-order valence-electron chi connectivity index (χ3n) is 3.40. The van der Waals surface area contributed by atoms with Crippen molar-refractivity contribution in [2.45, 2.75) is 38.5 Å². The lowest BCUT2D eigenvalue weighted by molar-refractivity contribution is -0.117. The average molecular weight is 278 g/mol. The molecule has 0 saturated carbocycles. The van der Waals surface area contributed by atoms with Crippen LogP contribution in [0.5, 0.6) is 0 Å². The molecule has 0 atom stereocenters. The van der Waals surface area contributed by atoms with Gasteiger partial charge in [-0.25, -0.2) is 4.79 Å². The van der Waals surface area contributed by atoms with Crippen LogP contribution in [-0.2, 0) is 19.1 Å². The quantitative estimate of drug-likeness (QED) is 0.739. The Labute approximate surface area is 117 Å². The molecule has 0 spiro atoms. The molecule has 2 aliphatic carbocycles. The first kappa shape index (κ1) is 14.5. The molecule has 0 N–H and O–H groups in total. The molecule has 0 aromatic rings. The van der Waals surface area contributed by atoms with E-state index in [0.717, 1.165) is 25.7 Å². The van der Waals surface area contributed by atoms with Gasteiger partial charge in [-0.1, -0.05) is 12.2 Å². The van der Waals surface area contributed by atoms with E-state index in [1.807, 2.05) is 0 Å². The van der Waals surface area contributed by atoms with Gasteiger partial charge in [-0.2, -0.15) is 0 Å². The number of Topliss-reactive ketones (excluding diaryl/α,β-unsaturated/α-hetero) is 2. The normalized spacial score (nSPS) is 19.2. The predicted molar refractivity (Wildman–Crippen MR) is 71.2 cm³/mol. The molecule has 0 radical (unpaired) electrons. The van der Waals surface area contributed by atoms with E-state index >= 15 is 0 Å². The second-order valence-electron chi connectivity index (χ2n) is 4.92. The van der Waals surface area contributed by atoms with Crippen LogP contribution in [0.1, 0.15) is 38.5 Å². The van der Waals surface area contributed by atoms with Crippen LogP contribution in [0.4, 0.5) is 4.79 Å². The van der Waals surface area contributed by atoms with E-state index in [-0.39, 0.29) is 24.8 Å². The van der Waals surface area contributed by atoms with Gasteiger partial charge < -0.3 is 9.47 Å². The number of carbonyl (C=O) groups is 3. The Kier molecular flexibility index (Phi) is 5.09. The maximum Gasteiger partial charge on any atom is 0.508 e. The highest BCUT2D eigenvalue weighted by Gasteiger charge is 2.18. The second kappa shape index (κ2) is 7.03. The van der Waals surface area contributed by atoms with E-state index in [1.165, 1.54) is 0 Å². The molecule has 0 bridgehead atoms. The van der Waals surface area contributed by atoms with Crippen molar-refractivity contribution in [2.75, 3.05) is 13.2 Å². The number of rotatable bonds is 4. The first-order chi connectivity index (χ1) is 9.66. The number of allylic oxidation sites excluding steroid dienone is 2. The Balaban J connectivity index is 1.73. The van der Waals surface area contributed by atoms with Crippen LogP contribution < -0.4 is 0 Å². The summed E-state index contributed by atoms with van der Waals surface area (Å²) in [5.74, 6) is 0.0448. The molecule has 2 rings (SSSR count). The highest BCUT2D eigenvalue weighted by atomic mass is 16.7. The zero-order valence-corrected chi connectivity index (χ0v) is 11.4. The fraction of sp³-hybridized carbons (Fsp3) is 0.533. The molecule has 20 heavy (non-hydrogen) atoms. The monoisotopic (exact) mass is 278 g/mol. The first-order valence-electron chi connectivity index (χ1n) is 6.91. The molecule has 0 saturated heterocycles. The van der Waals surface area contributed by atoms with Crippen LogP contribution in [0, 0.1) is 0 Å². The lowest BCUT2D eigenvalue weighted by Gasteiger charge is -2.13. The van der Waals surface area contributed by atoms with Crippen molar-refractivity contribution in [3.8, 4) is 0 Å². The summed E-state index contributed by atoms with van der Waals surface area (Å²) < 4.78 is 9.78. The minimum atomic E-state index is -0.844. The van der Waals surface area contributed by atoms with Gasteiger partial charge in [-0.3, -0.25) is 9.59 Å². The topological polar surface area (TPSA) is 69.7 Å². The van der Waals surface area contributed by atoms with Crippen molar-refractivity contribution in [3.63, 3.8) is 0 Å². The zero-order chi connectivity index (χ0) is 14.4. The van der Waals surface area contributed by atoms with Crippen molar-refractivity contribution in [2.24, 2.45) is 0 Å². The van der Waals surface area contributed by atoms with Crippen LogP contribution in [0.2, 0.25) is 0 Å². The Hall–Kier alpha value is -1.91. The highest BCUT2D eigenvalue weighted by Crippen LogP contribution is 2.16. The molecule has 2 aliphatic rings. The van der Waals surface area contributed by atoms with Crippen molar-refractivity contribution in [1.29, 1.82) is 0 Å². The Morgan fingerprint density at radius 3 is 1.75 bits per heavy atom. The molecule has 0 fully saturated rings. The van der Waals surface area contributed by atoms with Gasteiger partial charge in [0.1, 0.15) is 13.2 Å². The summed E-state index contributed by atoms with van der Waals surface area (Å²) in [5, 5.41) is 0. The van der Waals surface area contributed by atoms with Gasteiger partial charge in [0.15, 0.2) is 11.6 Å². The minimum Gasteiger partial charge on any atom is -0.429 e. The standard InChI is InChI=1S/C15H18O5/c16-13-7-3-1-5-11(13)9-19-15(18)20-10-12-6-2-4-8-14(12)17/h5-6H,1-4,7-10H2. The largest absolute Gasteiger partial charge is 0.508 e. The van der Waals surface area contributed by atoms with E-state index in [0.29, 0.717) is 24.0 Å². The third-order valence-corrected chi connectivity index (χ3v) is 3.40. The Morgan fingerprint density at radius 2 is 1.35 bits per heavy atom. The van der Waals surface area contributed by atoms with E-state index in [2.05, 4.69) is 0 Å². The number of carbonyl (C=O) groups excluding carboxylic acids is 3. The predicted octanol–water partition coefficient (Wildman–Crippen LogP) is 2.50. The van der Waals surface area contributed by atoms with Gasteiger partial charge in [0.05, 0.1) is 0 Å². The summed E-state index contributed by atoms with van der Waals surface area (Å²) >= 11 is 0. The SMILES string of the molecule is O=C(OCC1=CCCCC1=O)OCC1=CCCCC1=O. The first-order valence-corrected chi connectivity index (χ1v) is 6.91. The van der Waals surface area contributed by atoms with Gasteiger partial charge in [-0.05, 0) is 25.7 Å². The second-order valence-corrected chi connectivity index (χ2v) is 4.92. The molecule has 0 heterocycles. The zero-order valence-electron chi connectivity index (χ0n) is 11.4. The van der Waals surface area contributed by atoms with Crippen molar-refractivity contribution in [3.05, 3.63) is 23.3 Å². The number of hydrogen-bond donors (Lipinski definition) is 0. The van der Waals surface area contributed by atoms with Crippen molar-refractivity contribution in [1.82, 2.24) is 0 Å². The average Bonchev–Trinajstić information content (AvgIpc) is 2.45. The summed E-state index contributed by atoms with van der Waals surface area (Å²) in [6, 6.07) is 0. The summed E-state index contributed by atoms with van der Waals surface area (Å²) in [6.07, 6.45) is 7.13. The molecular weight excluding hydrogens is 260 g/mol. The smallest absolute Gasteiger partial charge is 0.429 e. The summed E-state index contributed by atoms with van der Waals surface area (Å²) in [5.41, 5.74) is 1.06. The van der Waals surface area contributed by atoms with Crippen LogP contribution in [0.3, 0.4) is 0 Å². The summed E-state index contributed by atoms with van der Waals surface area (Å²) in [4.78, 5) is 34.4. The molecule has 108 valence electrons. The van der Waals surface area contributed by atoms with Crippen LogP contribution in [0.25, 0.3) is 0 Å². The maximum atomic E-state index is 11.5.